The standard InChI is InChI=1S/C20H19N5O3/c1-28-16-9-4-8-15(12-16)23-19-18(25(26)27)20(22-13-21-19)24-11-5-7-14-6-2-3-10-17(14)24/h2-4,6,8-10,12-13H,5,7,11H2,1H3,(H,21,22,23). The maximum absolute atomic E-state index is 11.9. The van der Waals surface area contributed by atoms with E-state index in [1.807, 2.05) is 29.2 Å². The predicted octanol–water partition coefficient (Wildman–Crippen LogP) is 4.22. The lowest BCUT2D eigenvalue weighted by Gasteiger charge is -2.30. The minimum atomic E-state index is -0.435. The van der Waals surface area contributed by atoms with Gasteiger partial charge in [0.05, 0.1) is 12.0 Å². The zero-order valence-electron chi connectivity index (χ0n) is 15.3. The molecule has 8 nitrogen and oxygen atoms in total. The van der Waals surface area contributed by atoms with Crippen molar-refractivity contribution in [3.05, 3.63) is 70.5 Å². The molecule has 0 unspecified atom stereocenters. The topological polar surface area (TPSA) is 93.4 Å². The van der Waals surface area contributed by atoms with Gasteiger partial charge in [-0.05, 0) is 36.6 Å². The average Bonchev–Trinajstić information content (AvgIpc) is 2.73. The van der Waals surface area contributed by atoms with Crippen molar-refractivity contribution >= 4 is 28.7 Å². The Morgan fingerprint density at radius 3 is 2.86 bits per heavy atom. The van der Waals surface area contributed by atoms with Gasteiger partial charge in [-0.15, -0.1) is 0 Å². The summed E-state index contributed by atoms with van der Waals surface area (Å²) in [7, 11) is 1.57. The summed E-state index contributed by atoms with van der Waals surface area (Å²) in [5.41, 5.74) is 2.60. The fourth-order valence-corrected chi connectivity index (χ4v) is 3.42. The predicted molar refractivity (Wildman–Crippen MR) is 107 cm³/mol. The highest BCUT2D eigenvalue weighted by molar-refractivity contribution is 5.79. The molecule has 0 atom stereocenters. The molecule has 0 saturated heterocycles. The van der Waals surface area contributed by atoms with E-state index in [0.29, 0.717) is 18.0 Å². The third-order valence-electron chi connectivity index (χ3n) is 4.68. The van der Waals surface area contributed by atoms with Gasteiger partial charge in [-0.25, -0.2) is 9.97 Å². The molecule has 2 heterocycles. The van der Waals surface area contributed by atoms with Crippen LogP contribution in [0.1, 0.15) is 12.0 Å². The van der Waals surface area contributed by atoms with Crippen molar-refractivity contribution in [2.45, 2.75) is 12.8 Å². The minimum Gasteiger partial charge on any atom is -0.497 e. The minimum absolute atomic E-state index is 0.145. The zero-order chi connectivity index (χ0) is 19.5. The number of hydrogen-bond donors (Lipinski definition) is 1. The number of methoxy groups -OCH3 is 1. The summed E-state index contributed by atoms with van der Waals surface area (Å²) in [5, 5.41) is 15.0. The number of fused-ring (bicyclic) bond motifs is 1. The maximum Gasteiger partial charge on any atom is 0.354 e. The van der Waals surface area contributed by atoms with Gasteiger partial charge in [-0.1, -0.05) is 24.3 Å². The van der Waals surface area contributed by atoms with E-state index in [0.717, 1.165) is 24.1 Å². The lowest BCUT2D eigenvalue weighted by molar-refractivity contribution is -0.383. The van der Waals surface area contributed by atoms with Crippen molar-refractivity contribution in [1.82, 2.24) is 9.97 Å². The Morgan fingerprint density at radius 2 is 2.04 bits per heavy atom. The molecule has 0 amide bonds. The van der Waals surface area contributed by atoms with Crippen LogP contribution < -0.4 is 15.0 Å². The second kappa shape index (κ2) is 7.51. The summed E-state index contributed by atoms with van der Waals surface area (Å²) in [5.74, 6) is 1.08. The van der Waals surface area contributed by atoms with Crippen LogP contribution in [0.5, 0.6) is 5.75 Å². The largest absolute Gasteiger partial charge is 0.497 e. The van der Waals surface area contributed by atoms with Gasteiger partial charge in [0, 0.05) is 24.0 Å². The van der Waals surface area contributed by atoms with Crippen LogP contribution in [0.2, 0.25) is 0 Å². The first-order chi connectivity index (χ1) is 13.7. The summed E-state index contributed by atoms with van der Waals surface area (Å²) >= 11 is 0. The lowest BCUT2D eigenvalue weighted by atomic mass is 10.0. The molecule has 0 fully saturated rings. The summed E-state index contributed by atoms with van der Waals surface area (Å²) in [6, 6.07) is 15.1. The Labute approximate surface area is 162 Å². The normalized spacial score (nSPS) is 13.0. The van der Waals surface area contributed by atoms with E-state index in [4.69, 9.17) is 4.74 Å². The fourth-order valence-electron chi connectivity index (χ4n) is 3.42. The fraction of sp³-hybridized carbons (Fsp3) is 0.200. The van der Waals surface area contributed by atoms with Gasteiger partial charge in [0.25, 0.3) is 0 Å². The van der Waals surface area contributed by atoms with E-state index in [1.165, 1.54) is 6.33 Å². The van der Waals surface area contributed by atoms with Gasteiger partial charge in [0.1, 0.15) is 12.1 Å². The molecule has 8 heteroatoms. The van der Waals surface area contributed by atoms with E-state index in [1.54, 1.807) is 31.4 Å². The number of hydrogen-bond acceptors (Lipinski definition) is 7. The second-order valence-corrected chi connectivity index (χ2v) is 6.39. The highest BCUT2D eigenvalue weighted by Gasteiger charge is 2.30. The number of nitro groups is 1. The van der Waals surface area contributed by atoms with Crippen LogP contribution in [0.3, 0.4) is 0 Å². The van der Waals surface area contributed by atoms with Crippen LogP contribution in [0.15, 0.2) is 54.9 Å². The third kappa shape index (κ3) is 3.32. The molecular formula is C20H19N5O3. The van der Waals surface area contributed by atoms with Crippen molar-refractivity contribution in [3.8, 4) is 5.75 Å². The smallest absolute Gasteiger partial charge is 0.354 e. The highest BCUT2D eigenvalue weighted by atomic mass is 16.6. The van der Waals surface area contributed by atoms with Crippen LogP contribution in [-0.2, 0) is 6.42 Å². The van der Waals surface area contributed by atoms with Crippen molar-refractivity contribution in [3.63, 3.8) is 0 Å². The van der Waals surface area contributed by atoms with Gasteiger partial charge >= 0.3 is 5.69 Å². The van der Waals surface area contributed by atoms with Crippen LogP contribution in [0.25, 0.3) is 0 Å². The van der Waals surface area contributed by atoms with Crippen LogP contribution in [0.4, 0.5) is 28.7 Å². The third-order valence-corrected chi connectivity index (χ3v) is 4.68. The van der Waals surface area contributed by atoms with E-state index < -0.39 is 4.92 Å². The molecule has 0 saturated carbocycles. The Morgan fingerprint density at radius 1 is 1.18 bits per heavy atom. The summed E-state index contributed by atoms with van der Waals surface area (Å²) in [6.07, 6.45) is 3.19. The van der Waals surface area contributed by atoms with Crippen LogP contribution in [0, 0.1) is 10.1 Å². The average molecular weight is 377 g/mol. The summed E-state index contributed by atoms with van der Waals surface area (Å²) < 4.78 is 5.21. The van der Waals surface area contributed by atoms with Crippen molar-refractivity contribution in [1.29, 1.82) is 0 Å². The molecule has 0 radical (unpaired) electrons. The number of aryl methyl sites for hydroxylation is 1. The first-order valence-electron chi connectivity index (χ1n) is 8.93. The van der Waals surface area contributed by atoms with E-state index in [9.17, 15) is 10.1 Å². The monoisotopic (exact) mass is 377 g/mol. The first kappa shape index (κ1) is 17.7. The Hall–Kier alpha value is -3.68. The number of nitrogens with zero attached hydrogens (tertiary/aromatic N) is 4. The van der Waals surface area contributed by atoms with Crippen LogP contribution in [-0.4, -0.2) is 28.5 Å². The lowest BCUT2D eigenvalue weighted by Crippen LogP contribution is -2.26. The molecular weight excluding hydrogens is 358 g/mol. The van der Waals surface area contributed by atoms with Crippen molar-refractivity contribution < 1.29 is 9.66 Å². The maximum atomic E-state index is 11.9. The molecule has 28 heavy (non-hydrogen) atoms. The van der Waals surface area contributed by atoms with Gasteiger partial charge in [-0.2, -0.15) is 0 Å². The van der Waals surface area contributed by atoms with Crippen molar-refractivity contribution in [2.24, 2.45) is 0 Å². The van der Waals surface area contributed by atoms with Crippen LogP contribution >= 0.6 is 0 Å². The summed E-state index contributed by atoms with van der Waals surface area (Å²) in [6.45, 7) is 0.660. The molecule has 3 aromatic rings. The van der Waals surface area contributed by atoms with Gasteiger partial charge in [-0.3, -0.25) is 10.1 Å². The van der Waals surface area contributed by atoms with E-state index >= 15 is 0 Å². The number of benzene rings is 2. The molecule has 0 bridgehead atoms. The molecule has 0 spiro atoms. The molecule has 1 aliphatic heterocycles. The Bertz CT molecular complexity index is 1020. The second-order valence-electron chi connectivity index (χ2n) is 6.39. The molecule has 1 N–H and O–H groups in total. The number of para-hydroxylation sites is 1. The molecule has 0 aliphatic carbocycles. The first-order valence-corrected chi connectivity index (χ1v) is 8.93. The van der Waals surface area contributed by atoms with E-state index in [2.05, 4.69) is 15.3 Å². The molecule has 1 aromatic heterocycles. The molecule has 1 aliphatic rings. The quantitative estimate of drug-likeness (QED) is 0.525. The van der Waals surface area contributed by atoms with Gasteiger partial charge in [0.15, 0.2) is 0 Å². The zero-order valence-corrected chi connectivity index (χ0v) is 15.3. The number of anilines is 4. The Balaban J connectivity index is 1.78. The number of rotatable bonds is 5. The van der Waals surface area contributed by atoms with E-state index in [-0.39, 0.29) is 17.3 Å². The molecule has 4 rings (SSSR count). The molecule has 2 aromatic carbocycles. The van der Waals surface area contributed by atoms with Gasteiger partial charge in [0.2, 0.25) is 11.6 Å². The summed E-state index contributed by atoms with van der Waals surface area (Å²) in [4.78, 5) is 21.8. The SMILES string of the molecule is COc1cccc(Nc2ncnc(N3CCCc4ccccc43)c2[N+](=O)[O-])c1. The van der Waals surface area contributed by atoms with Gasteiger partial charge < -0.3 is 15.0 Å². The highest BCUT2D eigenvalue weighted by Crippen LogP contribution is 2.40. The van der Waals surface area contributed by atoms with Crippen molar-refractivity contribution in [2.75, 3.05) is 23.9 Å². The number of ether oxygens (including phenoxy) is 1. The Kier molecular flexibility index (Phi) is 4.76. The number of aromatic nitrogens is 2. The molecule has 142 valence electrons. The number of nitrogens with one attached hydrogen (secondary N) is 1.